The van der Waals surface area contributed by atoms with E-state index in [1.165, 1.54) is 6.42 Å². The maximum absolute atomic E-state index is 12.4. The van der Waals surface area contributed by atoms with Crippen molar-refractivity contribution in [3.05, 3.63) is 0 Å². The number of likely N-dealkylation sites (tertiary alicyclic amines) is 1. The van der Waals surface area contributed by atoms with Crippen LogP contribution in [0.2, 0.25) is 0 Å². The number of amides is 1. The molecular formula is C13H25N3O. The highest BCUT2D eigenvalue weighted by Crippen LogP contribution is 2.22. The smallest absolute Gasteiger partial charge is 0.241 e. The lowest BCUT2D eigenvalue weighted by Gasteiger charge is -2.40. The Morgan fingerprint density at radius 2 is 1.88 bits per heavy atom. The van der Waals surface area contributed by atoms with E-state index >= 15 is 0 Å². The zero-order valence-electron chi connectivity index (χ0n) is 11.2. The number of carbonyl (C=O) groups excluding carboxylic acids is 1. The molecule has 1 amide bonds. The molecule has 98 valence electrons. The van der Waals surface area contributed by atoms with E-state index in [0.717, 1.165) is 26.1 Å². The standard InChI is InChI=1S/C13H25N3O/c1-9-4-5-11(3)16(8-9)13(17)12-7-14-10(2)6-15-12/h9-12,14-15H,4-8H2,1-3H3. The number of hydrogen-bond donors (Lipinski definition) is 2. The molecular weight excluding hydrogens is 214 g/mol. The molecule has 0 spiro atoms. The maximum atomic E-state index is 12.4. The lowest BCUT2D eigenvalue weighted by atomic mass is 9.94. The Kier molecular flexibility index (Phi) is 4.05. The number of nitrogens with zero attached hydrogens (tertiary/aromatic N) is 1. The van der Waals surface area contributed by atoms with E-state index < -0.39 is 0 Å². The van der Waals surface area contributed by atoms with Crippen LogP contribution >= 0.6 is 0 Å². The summed E-state index contributed by atoms with van der Waals surface area (Å²) in [4.78, 5) is 14.5. The number of piperazine rings is 1. The highest BCUT2D eigenvalue weighted by atomic mass is 16.2. The Hall–Kier alpha value is -0.610. The number of nitrogens with one attached hydrogen (secondary N) is 2. The molecule has 0 aromatic carbocycles. The summed E-state index contributed by atoms with van der Waals surface area (Å²) < 4.78 is 0. The van der Waals surface area contributed by atoms with Gasteiger partial charge in [0.25, 0.3) is 0 Å². The lowest BCUT2D eigenvalue weighted by Crippen LogP contribution is -2.61. The van der Waals surface area contributed by atoms with Gasteiger partial charge < -0.3 is 15.5 Å². The molecule has 0 aromatic heterocycles. The molecule has 2 aliphatic rings. The molecule has 4 nitrogen and oxygen atoms in total. The minimum atomic E-state index is -0.0288. The fourth-order valence-corrected chi connectivity index (χ4v) is 2.75. The van der Waals surface area contributed by atoms with Gasteiger partial charge in [0.1, 0.15) is 0 Å². The average molecular weight is 239 g/mol. The van der Waals surface area contributed by atoms with Crippen molar-refractivity contribution in [2.75, 3.05) is 19.6 Å². The van der Waals surface area contributed by atoms with Crippen LogP contribution in [0.1, 0.15) is 33.6 Å². The van der Waals surface area contributed by atoms with Crippen LogP contribution in [0.5, 0.6) is 0 Å². The summed E-state index contributed by atoms with van der Waals surface area (Å²) in [6, 6.07) is 0.843. The van der Waals surface area contributed by atoms with E-state index in [9.17, 15) is 4.79 Å². The van der Waals surface area contributed by atoms with Crippen molar-refractivity contribution in [1.82, 2.24) is 15.5 Å². The molecule has 4 heteroatoms. The van der Waals surface area contributed by atoms with Crippen molar-refractivity contribution in [2.24, 2.45) is 5.92 Å². The first-order chi connectivity index (χ1) is 8.08. The summed E-state index contributed by atoms with van der Waals surface area (Å²) in [5.41, 5.74) is 0. The van der Waals surface area contributed by atoms with E-state index in [4.69, 9.17) is 0 Å². The second-order valence-corrected chi connectivity index (χ2v) is 5.79. The predicted molar refractivity (Wildman–Crippen MR) is 68.8 cm³/mol. The third-order valence-electron chi connectivity index (χ3n) is 4.04. The molecule has 2 N–H and O–H groups in total. The lowest BCUT2D eigenvalue weighted by molar-refractivity contribution is -0.138. The van der Waals surface area contributed by atoms with E-state index in [1.54, 1.807) is 0 Å². The van der Waals surface area contributed by atoms with E-state index in [0.29, 0.717) is 18.0 Å². The summed E-state index contributed by atoms with van der Waals surface area (Å²) in [5, 5.41) is 6.72. The Labute approximate surface area is 104 Å². The topological polar surface area (TPSA) is 44.4 Å². The van der Waals surface area contributed by atoms with Gasteiger partial charge in [-0.15, -0.1) is 0 Å². The minimum absolute atomic E-state index is 0.0288. The molecule has 17 heavy (non-hydrogen) atoms. The first-order valence-electron chi connectivity index (χ1n) is 6.85. The minimum Gasteiger partial charge on any atom is -0.338 e. The first-order valence-corrected chi connectivity index (χ1v) is 6.85. The average Bonchev–Trinajstić information content (AvgIpc) is 2.32. The summed E-state index contributed by atoms with van der Waals surface area (Å²) in [7, 11) is 0. The SMILES string of the molecule is CC1CCC(C)N(C(=O)C2CNC(C)CN2)C1. The van der Waals surface area contributed by atoms with Gasteiger partial charge in [0.05, 0.1) is 6.04 Å². The molecule has 2 rings (SSSR count). The molecule has 0 bridgehead atoms. The fourth-order valence-electron chi connectivity index (χ4n) is 2.75. The van der Waals surface area contributed by atoms with Crippen molar-refractivity contribution in [1.29, 1.82) is 0 Å². The Morgan fingerprint density at radius 1 is 1.12 bits per heavy atom. The van der Waals surface area contributed by atoms with Gasteiger partial charge in [-0.3, -0.25) is 4.79 Å². The molecule has 0 aliphatic carbocycles. The number of hydrogen-bond acceptors (Lipinski definition) is 3. The van der Waals surface area contributed by atoms with E-state index in [2.05, 4.69) is 36.3 Å². The van der Waals surface area contributed by atoms with Gasteiger partial charge in [0, 0.05) is 31.7 Å². The summed E-state index contributed by atoms with van der Waals surface area (Å²) in [5.74, 6) is 0.925. The third kappa shape index (κ3) is 2.99. The fraction of sp³-hybridized carbons (Fsp3) is 0.923. The number of carbonyl (C=O) groups is 1. The van der Waals surface area contributed by atoms with Crippen molar-refractivity contribution in [2.45, 2.75) is 51.7 Å². The zero-order chi connectivity index (χ0) is 12.4. The molecule has 2 saturated heterocycles. The van der Waals surface area contributed by atoms with Gasteiger partial charge in [-0.1, -0.05) is 6.92 Å². The van der Waals surface area contributed by atoms with Gasteiger partial charge >= 0.3 is 0 Å². The summed E-state index contributed by atoms with van der Waals surface area (Å²) in [6.07, 6.45) is 2.39. The van der Waals surface area contributed by atoms with Crippen molar-refractivity contribution >= 4 is 5.91 Å². The second kappa shape index (κ2) is 5.36. The molecule has 4 atom stereocenters. The van der Waals surface area contributed by atoms with Crippen LogP contribution in [0.25, 0.3) is 0 Å². The largest absolute Gasteiger partial charge is 0.338 e. The van der Waals surface area contributed by atoms with Gasteiger partial charge in [-0.05, 0) is 32.6 Å². The van der Waals surface area contributed by atoms with Crippen LogP contribution in [0.15, 0.2) is 0 Å². The molecule has 0 aromatic rings. The Bertz CT molecular complexity index is 274. The Morgan fingerprint density at radius 3 is 2.53 bits per heavy atom. The van der Waals surface area contributed by atoms with Crippen LogP contribution in [0.3, 0.4) is 0 Å². The first kappa shape index (κ1) is 12.8. The molecule has 0 radical (unpaired) electrons. The summed E-state index contributed by atoms with van der Waals surface area (Å²) >= 11 is 0. The van der Waals surface area contributed by atoms with Crippen LogP contribution < -0.4 is 10.6 Å². The van der Waals surface area contributed by atoms with Crippen LogP contribution in [-0.2, 0) is 4.79 Å². The molecule has 2 heterocycles. The molecule has 2 aliphatic heterocycles. The van der Waals surface area contributed by atoms with Crippen LogP contribution in [-0.4, -0.2) is 48.6 Å². The zero-order valence-corrected chi connectivity index (χ0v) is 11.2. The van der Waals surface area contributed by atoms with Gasteiger partial charge in [-0.2, -0.15) is 0 Å². The predicted octanol–water partition coefficient (Wildman–Crippen LogP) is 0.583. The van der Waals surface area contributed by atoms with Crippen molar-refractivity contribution < 1.29 is 4.79 Å². The van der Waals surface area contributed by atoms with Crippen molar-refractivity contribution in [3.63, 3.8) is 0 Å². The highest BCUT2D eigenvalue weighted by molar-refractivity contribution is 5.82. The van der Waals surface area contributed by atoms with Crippen LogP contribution in [0.4, 0.5) is 0 Å². The van der Waals surface area contributed by atoms with Crippen LogP contribution in [0, 0.1) is 5.92 Å². The number of rotatable bonds is 1. The Balaban J connectivity index is 1.94. The quantitative estimate of drug-likeness (QED) is 0.704. The molecule has 0 saturated carbocycles. The monoisotopic (exact) mass is 239 g/mol. The molecule has 2 fully saturated rings. The normalized spacial score (nSPS) is 39.1. The molecule has 4 unspecified atom stereocenters. The van der Waals surface area contributed by atoms with E-state index in [1.807, 2.05) is 0 Å². The number of piperidine rings is 1. The summed E-state index contributed by atoms with van der Waals surface area (Å²) in [6.45, 7) is 9.11. The van der Waals surface area contributed by atoms with E-state index in [-0.39, 0.29) is 11.9 Å². The third-order valence-corrected chi connectivity index (χ3v) is 4.04. The maximum Gasteiger partial charge on any atom is 0.241 e. The second-order valence-electron chi connectivity index (χ2n) is 5.79. The van der Waals surface area contributed by atoms with Gasteiger partial charge in [0.2, 0.25) is 5.91 Å². The van der Waals surface area contributed by atoms with Crippen molar-refractivity contribution in [3.8, 4) is 0 Å². The van der Waals surface area contributed by atoms with Gasteiger partial charge in [-0.25, -0.2) is 0 Å². The highest BCUT2D eigenvalue weighted by Gasteiger charge is 2.32. The van der Waals surface area contributed by atoms with Gasteiger partial charge in [0.15, 0.2) is 0 Å².